The number of rotatable bonds is 4. The monoisotopic (exact) mass is 345 g/mol. The van der Waals surface area contributed by atoms with Crippen molar-refractivity contribution in [2.45, 2.75) is 4.90 Å². The zero-order chi connectivity index (χ0) is 15.7. The Morgan fingerprint density at radius 2 is 2.00 bits per heavy atom. The van der Waals surface area contributed by atoms with Gasteiger partial charge in [-0.3, -0.25) is 4.90 Å². The predicted octanol–water partition coefficient (Wildman–Crippen LogP) is 0.780. The van der Waals surface area contributed by atoms with Gasteiger partial charge in [0.1, 0.15) is 0 Å². The Labute approximate surface area is 133 Å². The standard InChI is InChI=1S/C13H16ClN3O4S/c14-13-11-9-10(1-2-12(11)21-15-13)22(19,20)17-5-3-16(4-6-17)7-8-18/h1-2,9,18H,3-8H2. The van der Waals surface area contributed by atoms with E-state index in [2.05, 4.69) is 5.16 Å². The molecule has 0 atom stereocenters. The van der Waals surface area contributed by atoms with Crippen molar-refractivity contribution >= 4 is 32.6 Å². The zero-order valence-electron chi connectivity index (χ0n) is 11.8. The van der Waals surface area contributed by atoms with Gasteiger partial charge in [0.15, 0.2) is 10.7 Å². The summed E-state index contributed by atoms with van der Waals surface area (Å²) in [5.74, 6) is 0. The number of aromatic nitrogens is 1. The van der Waals surface area contributed by atoms with Crippen molar-refractivity contribution in [3.05, 3.63) is 23.4 Å². The molecule has 0 unspecified atom stereocenters. The second-order valence-electron chi connectivity index (χ2n) is 5.10. The van der Waals surface area contributed by atoms with Gasteiger partial charge in [0.2, 0.25) is 10.0 Å². The molecular formula is C13H16ClN3O4S. The van der Waals surface area contributed by atoms with Crippen LogP contribution in [0.2, 0.25) is 5.15 Å². The van der Waals surface area contributed by atoms with E-state index in [0.717, 1.165) is 0 Å². The number of β-amino-alcohol motifs (C(OH)–C–C–N with tert-alkyl or cyclic N) is 1. The molecule has 1 aromatic carbocycles. The SMILES string of the molecule is O=S(=O)(c1ccc2onc(Cl)c2c1)N1CCN(CCO)CC1. The molecule has 1 fully saturated rings. The molecule has 0 saturated carbocycles. The average molecular weight is 346 g/mol. The highest BCUT2D eigenvalue weighted by molar-refractivity contribution is 7.89. The van der Waals surface area contributed by atoms with E-state index in [1.165, 1.54) is 16.4 Å². The molecule has 1 saturated heterocycles. The van der Waals surface area contributed by atoms with E-state index in [4.69, 9.17) is 21.2 Å². The summed E-state index contributed by atoms with van der Waals surface area (Å²) in [6.07, 6.45) is 0. The predicted molar refractivity (Wildman–Crippen MR) is 81.3 cm³/mol. The summed E-state index contributed by atoms with van der Waals surface area (Å²) in [6.45, 7) is 2.66. The Balaban J connectivity index is 1.84. The molecule has 3 rings (SSSR count). The van der Waals surface area contributed by atoms with E-state index < -0.39 is 10.0 Å². The number of piperazine rings is 1. The minimum absolute atomic E-state index is 0.0788. The van der Waals surface area contributed by atoms with Gasteiger partial charge in [-0.05, 0) is 18.2 Å². The van der Waals surface area contributed by atoms with Crippen molar-refractivity contribution in [1.82, 2.24) is 14.4 Å². The second-order valence-corrected chi connectivity index (χ2v) is 7.40. The molecule has 9 heteroatoms. The van der Waals surface area contributed by atoms with Crippen LogP contribution in [-0.4, -0.2) is 67.2 Å². The van der Waals surface area contributed by atoms with E-state index in [1.807, 2.05) is 4.90 Å². The highest BCUT2D eigenvalue weighted by atomic mass is 35.5. The maximum absolute atomic E-state index is 12.7. The summed E-state index contributed by atoms with van der Waals surface area (Å²) in [7, 11) is -3.57. The van der Waals surface area contributed by atoms with E-state index >= 15 is 0 Å². The van der Waals surface area contributed by atoms with E-state index in [9.17, 15) is 8.42 Å². The first kappa shape index (κ1) is 15.7. The van der Waals surface area contributed by atoms with Crippen LogP contribution in [0.15, 0.2) is 27.6 Å². The lowest BCUT2D eigenvalue weighted by atomic mass is 10.3. The number of benzene rings is 1. The normalized spacial score (nSPS) is 18.1. The largest absolute Gasteiger partial charge is 0.395 e. The molecule has 2 aromatic rings. The third-order valence-corrected chi connectivity index (χ3v) is 5.95. The summed E-state index contributed by atoms with van der Waals surface area (Å²) in [6, 6.07) is 4.55. The molecule has 22 heavy (non-hydrogen) atoms. The zero-order valence-corrected chi connectivity index (χ0v) is 13.3. The van der Waals surface area contributed by atoms with Crippen LogP contribution in [0.1, 0.15) is 0 Å². The number of hydrogen-bond acceptors (Lipinski definition) is 6. The lowest BCUT2D eigenvalue weighted by Gasteiger charge is -2.33. The van der Waals surface area contributed by atoms with Crippen LogP contribution in [0.25, 0.3) is 11.0 Å². The Bertz CT molecular complexity index is 769. The summed E-state index contributed by atoms with van der Waals surface area (Å²) in [5, 5.41) is 13.2. The number of nitrogens with zero attached hydrogens (tertiary/aromatic N) is 3. The molecule has 2 heterocycles. The molecule has 120 valence electrons. The fourth-order valence-corrected chi connectivity index (χ4v) is 4.16. The van der Waals surface area contributed by atoms with Crippen LogP contribution in [0.4, 0.5) is 0 Å². The number of aliphatic hydroxyl groups excluding tert-OH is 1. The van der Waals surface area contributed by atoms with Gasteiger partial charge >= 0.3 is 0 Å². The average Bonchev–Trinajstić information content (AvgIpc) is 2.89. The molecule has 1 aromatic heterocycles. The highest BCUT2D eigenvalue weighted by Gasteiger charge is 2.28. The quantitative estimate of drug-likeness (QED) is 0.881. The summed E-state index contributed by atoms with van der Waals surface area (Å²) in [4.78, 5) is 2.22. The number of aliphatic hydroxyl groups is 1. The molecule has 1 aliphatic rings. The maximum atomic E-state index is 12.7. The number of hydrogen-bond donors (Lipinski definition) is 1. The highest BCUT2D eigenvalue weighted by Crippen LogP contribution is 2.27. The molecule has 0 bridgehead atoms. The fourth-order valence-electron chi connectivity index (χ4n) is 2.53. The van der Waals surface area contributed by atoms with Crippen LogP contribution >= 0.6 is 11.6 Å². The molecule has 0 amide bonds. The smallest absolute Gasteiger partial charge is 0.243 e. The first-order chi connectivity index (χ1) is 10.5. The van der Waals surface area contributed by atoms with Gasteiger partial charge in [-0.1, -0.05) is 16.8 Å². The van der Waals surface area contributed by atoms with Crippen LogP contribution in [0.3, 0.4) is 0 Å². The molecular weight excluding hydrogens is 330 g/mol. The van der Waals surface area contributed by atoms with Crippen molar-refractivity contribution in [2.24, 2.45) is 0 Å². The van der Waals surface area contributed by atoms with E-state index in [0.29, 0.717) is 43.7 Å². The van der Waals surface area contributed by atoms with Crippen molar-refractivity contribution in [3.63, 3.8) is 0 Å². The van der Waals surface area contributed by atoms with Gasteiger partial charge < -0.3 is 9.63 Å². The van der Waals surface area contributed by atoms with E-state index in [1.54, 1.807) is 6.07 Å². The minimum Gasteiger partial charge on any atom is -0.395 e. The van der Waals surface area contributed by atoms with Gasteiger partial charge in [0.25, 0.3) is 0 Å². The van der Waals surface area contributed by atoms with Crippen molar-refractivity contribution in [1.29, 1.82) is 0 Å². The van der Waals surface area contributed by atoms with Crippen molar-refractivity contribution in [3.8, 4) is 0 Å². The summed E-state index contributed by atoms with van der Waals surface area (Å²) >= 11 is 5.89. The van der Waals surface area contributed by atoms with Crippen LogP contribution in [0, 0.1) is 0 Å². The minimum atomic E-state index is -3.57. The van der Waals surface area contributed by atoms with Crippen LogP contribution in [0.5, 0.6) is 0 Å². The third-order valence-electron chi connectivity index (χ3n) is 3.78. The van der Waals surface area contributed by atoms with Gasteiger partial charge in [0.05, 0.1) is 16.9 Å². The first-order valence-electron chi connectivity index (χ1n) is 6.90. The Hall–Kier alpha value is -1.19. The fraction of sp³-hybridized carbons (Fsp3) is 0.462. The van der Waals surface area contributed by atoms with Gasteiger partial charge in [-0.2, -0.15) is 4.31 Å². The number of sulfonamides is 1. The number of halogens is 1. The molecule has 1 aliphatic heterocycles. The lowest BCUT2D eigenvalue weighted by molar-refractivity contribution is 0.151. The van der Waals surface area contributed by atoms with Crippen LogP contribution < -0.4 is 0 Å². The molecule has 1 N–H and O–H groups in total. The molecule has 0 aliphatic carbocycles. The summed E-state index contributed by atoms with van der Waals surface area (Å²) < 4.78 is 31.8. The maximum Gasteiger partial charge on any atom is 0.243 e. The summed E-state index contributed by atoms with van der Waals surface area (Å²) in [5.41, 5.74) is 0.455. The Morgan fingerprint density at radius 1 is 1.27 bits per heavy atom. The molecule has 7 nitrogen and oxygen atoms in total. The van der Waals surface area contributed by atoms with Crippen molar-refractivity contribution < 1.29 is 18.0 Å². The van der Waals surface area contributed by atoms with Gasteiger partial charge in [0, 0.05) is 32.7 Å². The topological polar surface area (TPSA) is 86.9 Å². The Kier molecular flexibility index (Phi) is 4.37. The van der Waals surface area contributed by atoms with Crippen LogP contribution in [-0.2, 0) is 10.0 Å². The first-order valence-corrected chi connectivity index (χ1v) is 8.72. The second kappa shape index (κ2) is 6.13. The van der Waals surface area contributed by atoms with Crippen molar-refractivity contribution in [2.75, 3.05) is 39.3 Å². The Morgan fingerprint density at radius 3 is 2.68 bits per heavy atom. The number of fused-ring (bicyclic) bond motifs is 1. The molecule has 0 spiro atoms. The van der Waals surface area contributed by atoms with Gasteiger partial charge in [-0.25, -0.2) is 8.42 Å². The van der Waals surface area contributed by atoms with Gasteiger partial charge in [-0.15, -0.1) is 0 Å². The molecule has 0 radical (unpaired) electrons. The lowest BCUT2D eigenvalue weighted by Crippen LogP contribution is -2.49. The third kappa shape index (κ3) is 2.84. The van der Waals surface area contributed by atoms with E-state index in [-0.39, 0.29) is 16.7 Å².